The highest BCUT2D eigenvalue weighted by atomic mass is 32.1. The van der Waals surface area contributed by atoms with Gasteiger partial charge in [-0.05, 0) is 35.4 Å². The van der Waals surface area contributed by atoms with Crippen LogP contribution < -0.4 is 0 Å². The van der Waals surface area contributed by atoms with Gasteiger partial charge in [-0.15, -0.1) is 0 Å². The Labute approximate surface area is 187 Å². The molecule has 30 heavy (non-hydrogen) atoms. The van der Waals surface area contributed by atoms with E-state index in [2.05, 4.69) is 38.1 Å². The molecule has 2 fully saturated rings. The number of amides is 1. The Hall–Kier alpha value is -2.11. The first kappa shape index (κ1) is 24.2. The molecule has 4 rings (SSSR count). The Morgan fingerprint density at radius 2 is 1.80 bits per heavy atom. The van der Waals surface area contributed by atoms with E-state index in [-0.39, 0.29) is 57.3 Å². The van der Waals surface area contributed by atoms with Crippen molar-refractivity contribution < 1.29 is 14.3 Å². The summed E-state index contributed by atoms with van der Waals surface area (Å²) < 4.78 is 5.57. The Balaban J connectivity index is 0.00000160. The summed E-state index contributed by atoms with van der Waals surface area (Å²) in [5, 5.41) is 0. The molecule has 2 aliphatic rings. The largest absolute Gasteiger partial charge is 0.368 e. The number of ether oxygens (including phenoxy) is 1. The Morgan fingerprint density at radius 3 is 2.50 bits per heavy atom. The zero-order valence-electron chi connectivity index (χ0n) is 17.0. The fraction of sp³-hybridized carbons (Fsp3) is 0.440. The van der Waals surface area contributed by atoms with Crippen molar-refractivity contribution in [1.82, 2.24) is 4.90 Å². The van der Waals surface area contributed by atoms with Gasteiger partial charge in [-0.2, -0.15) is 13.5 Å². The van der Waals surface area contributed by atoms with E-state index in [1.807, 2.05) is 30.3 Å². The number of rotatable bonds is 5. The summed E-state index contributed by atoms with van der Waals surface area (Å²) in [6.45, 7) is 5.01. The molecule has 0 bridgehead atoms. The van der Waals surface area contributed by atoms with E-state index >= 15 is 0 Å². The van der Waals surface area contributed by atoms with Crippen molar-refractivity contribution in [2.75, 3.05) is 13.2 Å². The molecule has 2 aliphatic heterocycles. The normalized spacial score (nSPS) is 21.0. The average molecular weight is 428 g/mol. The fourth-order valence-corrected chi connectivity index (χ4v) is 4.46. The zero-order chi connectivity index (χ0) is 19.7. The van der Waals surface area contributed by atoms with E-state index in [0.29, 0.717) is 12.5 Å². The van der Waals surface area contributed by atoms with E-state index in [9.17, 15) is 9.59 Å². The third kappa shape index (κ3) is 4.79. The lowest BCUT2D eigenvalue weighted by atomic mass is 9.87. The second-order valence-corrected chi connectivity index (χ2v) is 8.25. The highest BCUT2D eigenvalue weighted by Crippen LogP contribution is 2.34. The quantitative estimate of drug-likeness (QED) is 0.688. The first-order valence-corrected chi connectivity index (χ1v) is 10.1. The molecule has 0 N–H and O–H groups in total. The summed E-state index contributed by atoms with van der Waals surface area (Å²) in [4.78, 5) is 27.6. The van der Waals surface area contributed by atoms with Crippen LogP contribution in [-0.2, 0) is 14.3 Å². The minimum absolute atomic E-state index is 0. The summed E-state index contributed by atoms with van der Waals surface area (Å²) in [6.07, 6.45) is 1.40. The van der Waals surface area contributed by atoms with Crippen molar-refractivity contribution in [1.29, 1.82) is 0 Å². The van der Waals surface area contributed by atoms with Crippen molar-refractivity contribution in [2.24, 2.45) is 5.92 Å². The van der Waals surface area contributed by atoms with E-state index < -0.39 is 0 Å². The SMILES string of the molecule is C.CC(C)C[C@H](C(=O)N1CC[C@H]2OCC(=O)[C@H]21)c1cccc(-c2ccccc2)c1.S. The summed E-state index contributed by atoms with van der Waals surface area (Å²) in [5.41, 5.74) is 3.27. The summed E-state index contributed by atoms with van der Waals surface area (Å²) in [7, 11) is 0. The van der Waals surface area contributed by atoms with Gasteiger partial charge in [0.25, 0.3) is 0 Å². The Bertz CT molecular complexity index is 868. The number of fused-ring (bicyclic) bond motifs is 1. The molecule has 2 heterocycles. The van der Waals surface area contributed by atoms with Gasteiger partial charge in [-0.3, -0.25) is 9.59 Å². The number of nitrogens with zero attached hydrogens (tertiary/aromatic N) is 1. The zero-order valence-corrected chi connectivity index (χ0v) is 18.0. The van der Waals surface area contributed by atoms with E-state index in [0.717, 1.165) is 29.5 Å². The highest BCUT2D eigenvalue weighted by molar-refractivity contribution is 7.59. The minimum Gasteiger partial charge on any atom is -0.368 e. The predicted molar refractivity (Wildman–Crippen MR) is 126 cm³/mol. The second kappa shape index (κ2) is 10.3. The van der Waals surface area contributed by atoms with Crippen molar-refractivity contribution >= 4 is 25.2 Å². The van der Waals surface area contributed by atoms with Crippen LogP contribution in [0.15, 0.2) is 54.6 Å². The number of ketones is 1. The lowest BCUT2D eigenvalue weighted by Crippen LogP contribution is -2.44. The lowest BCUT2D eigenvalue weighted by Gasteiger charge is -2.28. The van der Waals surface area contributed by atoms with Gasteiger partial charge in [0, 0.05) is 6.54 Å². The van der Waals surface area contributed by atoms with Crippen LogP contribution in [0, 0.1) is 5.92 Å². The number of hydrogen-bond donors (Lipinski definition) is 0. The van der Waals surface area contributed by atoms with Crippen molar-refractivity contribution in [2.45, 2.75) is 52.2 Å². The lowest BCUT2D eigenvalue weighted by molar-refractivity contribution is -0.138. The van der Waals surface area contributed by atoms with Gasteiger partial charge in [-0.25, -0.2) is 0 Å². The average Bonchev–Trinajstić information content (AvgIpc) is 3.29. The fourth-order valence-electron chi connectivity index (χ4n) is 4.46. The van der Waals surface area contributed by atoms with E-state index in [1.54, 1.807) is 4.90 Å². The van der Waals surface area contributed by atoms with Crippen LogP contribution in [0.2, 0.25) is 0 Å². The second-order valence-electron chi connectivity index (χ2n) is 8.25. The van der Waals surface area contributed by atoms with Gasteiger partial charge in [0.2, 0.25) is 5.91 Å². The summed E-state index contributed by atoms with van der Waals surface area (Å²) in [6, 6.07) is 18.1. The Morgan fingerprint density at radius 1 is 1.10 bits per heavy atom. The maximum absolute atomic E-state index is 13.5. The van der Waals surface area contributed by atoms with Crippen LogP contribution in [-0.4, -0.2) is 41.9 Å². The van der Waals surface area contributed by atoms with E-state index in [1.165, 1.54) is 0 Å². The minimum atomic E-state index is -0.389. The van der Waals surface area contributed by atoms with Crippen LogP contribution in [0.5, 0.6) is 0 Å². The molecule has 2 aromatic carbocycles. The topological polar surface area (TPSA) is 46.6 Å². The molecule has 162 valence electrons. The van der Waals surface area contributed by atoms with Gasteiger partial charge < -0.3 is 9.64 Å². The summed E-state index contributed by atoms with van der Waals surface area (Å²) in [5.74, 6) is 0.238. The molecule has 2 saturated heterocycles. The maximum Gasteiger partial charge on any atom is 0.230 e. The molecule has 0 aliphatic carbocycles. The van der Waals surface area contributed by atoms with Crippen molar-refractivity contribution in [3.8, 4) is 11.1 Å². The van der Waals surface area contributed by atoms with Gasteiger partial charge in [-0.1, -0.05) is 75.9 Å². The van der Waals surface area contributed by atoms with Gasteiger partial charge >= 0.3 is 0 Å². The molecule has 0 saturated carbocycles. The smallest absolute Gasteiger partial charge is 0.230 e. The predicted octanol–water partition coefficient (Wildman–Crippen LogP) is 4.80. The molecule has 4 nitrogen and oxygen atoms in total. The number of benzene rings is 2. The van der Waals surface area contributed by atoms with Crippen LogP contribution >= 0.6 is 13.5 Å². The first-order chi connectivity index (χ1) is 13.5. The molecular weight excluding hydrogens is 394 g/mol. The third-order valence-electron chi connectivity index (χ3n) is 5.80. The number of carbonyl (C=O) groups excluding carboxylic acids is 2. The molecule has 3 atom stereocenters. The number of carbonyl (C=O) groups is 2. The van der Waals surface area contributed by atoms with Gasteiger partial charge in [0.15, 0.2) is 5.78 Å². The van der Waals surface area contributed by atoms with Gasteiger partial charge in [0.05, 0.1) is 12.0 Å². The molecular formula is C25H33NO3S. The van der Waals surface area contributed by atoms with Crippen LogP contribution in [0.3, 0.4) is 0 Å². The standard InChI is InChI=1S/C24H27NO3.CH4.H2S/c1-16(2)13-20(24(27)25-12-11-22-23(25)21(26)15-28-22)19-10-6-9-18(14-19)17-7-4-3-5-8-17;;/h3-10,14,16,20,22-23H,11-13,15H2,1-2H3;1H4;1H2/t20-,22+,23+;;/m0../s1. The number of hydrogen-bond acceptors (Lipinski definition) is 3. The number of likely N-dealkylation sites (tertiary alicyclic amines) is 1. The van der Waals surface area contributed by atoms with Crippen LogP contribution in [0.4, 0.5) is 0 Å². The van der Waals surface area contributed by atoms with Crippen LogP contribution in [0.25, 0.3) is 11.1 Å². The first-order valence-electron chi connectivity index (χ1n) is 10.1. The summed E-state index contributed by atoms with van der Waals surface area (Å²) >= 11 is 0. The highest BCUT2D eigenvalue weighted by Gasteiger charge is 2.47. The van der Waals surface area contributed by atoms with E-state index in [4.69, 9.17) is 4.74 Å². The Kier molecular flexibility index (Phi) is 8.27. The maximum atomic E-state index is 13.5. The van der Waals surface area contributed by atoms with Gasteiger partial charge in [0.1, 0.15) is 12.6 Å². The molecule has 0 radical (unpaired) electrons. The van der Waals surface area contributed by atoms with Crippen molar-refractivity contribution in [3.05, 3.63) is 60.2 Å². The molecule has 1 amide bonds. The van der Waals surface area contributed by atoms with Crippen molar-refractivity contribution in [3.63, 3.8) is 0 Å². The van der Waals surface area contributed by atoms with Crippen LogP contribution in [0.1, 0.15) is 45.6 Å². The molecule has 5 heteroatoms. The molecule has 0 aromatic heterocycles. The number of Topliss-reactive ketones (excluding diaryl/α,β-unsaturated/α-hetero) is 1. The molecule has 2 aromatic rings. The molecule has 0 unspecified atom stereocenters. The molecule has 0 spiro atoms. The monoisotopic (exact) mass is 427 g/mol. The third-order valence-corrected chi connectivity index (χ3v) is 5.80.